The average molecular weight is 371 g/mol. The molecule has 0 bridgehead atoms. The second-order valence-electron chi connectivity index (χ2n) is 7.37. The van der Waals surface area contributed by atoms with E-state index in [9.17, 15) is 4.79 Å². The van der Waals surface area contributed by atoms with Gasteiger partial charge in [-0.3, -0.25) is 14.7 Å². The summed E-state index contributed by atoms with van der Waals surface area (Å²) in [4.78, 5) is 21.4. The van der Waals surface area contributed by atoms with Gasteiger partial charge >= 0.3 is 0 Å². The van der Waals surface area contributed by atoms with Crippen LogP contribution in [0.1, 0.15) is 21.5 Å². The second-order valence-corrected chi connectivity index (χ2v) is 7.37. The molecule has 0 radical (unpaired) electrons. The van der Waals surface area contributed by atoms with Crippen LogP contribution in [0.2, 0.25) is 0 Å². The number of hydrogen-bond acceptors (Lipinski definition) is 3. The summed E-state index contributed by atoms with van der Waals surface area (Å²) in [6, 6.07) is 20.5. The number of carbonyl (C=O) groups excluding carboxylic acids is 1. The first-order valence-corrected chi connectivity index (χ1v) is 9.77. The molecule has 1 saturated heterocycles. The zero-order chi connectivity index (χ0) is 19.3. The van der Waals surface area contributed by atoms with Crippen molar-refractivity contribution in [2.75, 3.05) is 26.2 Å². The quantitative estimate of drug-likeness (QED) is 0.695. The summed E-state index contributed by atoms with van der Waals surface area (Å²) in [6.45, 7) is 6.28. The molecular weight excluding hydrogens is 346 g/mol. The maximum atomic E-state index is 12.9. The van der Waals surface area contributed by atoms with Crippen molar-refractivity contribution in [1.82, 2.24) is 14.8 Å². The predicted octanol–water partition coefficient (Wildman–Crippen LogP) is 4.02. The van der Waals surface area contributed by atoms with Gasteiger partial charge in [0.25, 0.3) is 5.91 Å². The number of aromatic nitrogens is 1. The second kappa shape index (κ2) is 8.36. The van der Waals surface area contributed by atoms with Gasteiger partial charge in [0.15, 0.2) is 0 Å². The Morgan fingerprint density at radius 3 is 2.14 bits per heavy atom. The number of rotatable bonds is 4. The summed E-state index contributed by atoms with van der Waals surface area (Å²) in [6.07, 6.45) is 3.71. The van der Waals surface area contributed by atoms with Crippen molar-refractivity contribution in [3.05, 3.63) is 89.7 Å². The number of nitrogens with zero attached hydrogens (tertiary/aromatic N) is 3. The summed E-state index contributed by atoms with van der Waals surface area (Å²) in [5.74, 6) is 0.122. The van der Waals surface area contributed by atoms with Crippen molar-refractivity contribution >= 4 is 5.91 Å². The maximum Gasteiger partial charge on any atom is 0.253 e. The Kier molecular flexibility index (Phi) is 5.49. The maximum absolute atomic E-state index is 12.9. The Morgan fingerprint density at radius 1 is 0.893 bits per heavy atom. The van der Waals surface area contributed by atoms with Gasteiger partial charge in [-0.1, -0.05) is 48.0 Å². The standard InChI is InChI=1S/C24H25N3O/c1-19-4-6-21(7-5-19)22-8-10-23(11-9-22)24(28)27-15-13-26(14-16-27)18-20-3-2-12-25-17-20/h2-12,17H,13-16,18H2,1H3. The van der Waals surface area contributed by atoms with Gasteiger partial charge in [-0.25, -0.2) is 0 Å². The number of amides is 1. The molecule has 0 spiro atoms. The van der Waals surface area contributed by atoms with Crippen LogP contribution in [0.5, 0.6) is 0 Å². The number of benzene rings is 2. The normalized spacial score (nSPS) is 14.8. The first kappa shape index (κ1) is 18.4. The van der Waals surface area contributed by atoms with Gasteiger partial charge in [-0.15, -0.1) is 0 Å². The molecule has 4 rings (SSSR count). The smallest absolute Gasteiger partial charge is 0.253 e. The van der Waals surface area contributed by atoms with Gasteiger partial charge in [0.05, 0.1) is 0 Å². The first-order valence-electron chi connectivity index (χ1n) is 9.77. The molecule has 0 atom stereocenters. The first-order chi connectivity index (χ1) is 13.7. The molecule has 2 aromatic carbocycles. The van der Waals surface area contributed by atoms with Crippen LogP contribution in [0.3, 0.4) is 0 Å². The molecular formula is C24H25N3O. The molecule has 0 unspecified atom stereocenters. The third kappa shape index (κ3) is 4.29. The highest BCUT2D eigenvalue weighted by molar-refractivity contribution is 5.94. The molecule has 2 heterocycles. The van der Waals surface area contributed by atoms with Crippen molar-refractivity contribution in [3.8, 4) is 11.1 Å². The van der Waals surface area contributed by atoms with E-state index in [0.29, 0.717) is 0 Å². The molecule has 1 amide bonds. The van der Waals surface area contributed by atoms with Gasteiger partial charge in [0, 0.05) is 50.7 Å². The molecule has 142 valence electrons. The lowest BCUT2D eigenvalue weighted by Gasteiger charge is -2.34. The molecule has 4 heteroatoms. The van der Waals surface area contributed by atoms with Gasteiger partial charge in [0.1, 0.15) is 0 Å². The van der Waals surface area contributed by atoms with Crippen molar-refractivity contribution < 1.29 is 4.79 Å². The summed E-state index contributed by atoms with van der Waals surface area (Å²) >= 11 is 0. The lowest BCUT2D eigenvalue weighted by molar-refractivity contribution is 0.0628. The largest absolute Gasteiger partial charge is 0.336 e. The van der Waals surface area contributed by atoms with E-state index in [1.54, 1.807) is 6.20 Å². The zero-order valence-corrected chi connectivity index (χ0v) is 16.2. The fraction of sp³-hybridized carbons (Fsp3) is 0.250. The third-order valence-corrected chi connectivity index (χ3v) is 5.31. The molecule has 1 aromatic heterocycles. The van der Waals surface area contributed by atoms with Crippen molar-refractivity contribution in [1.29, 1.82) is 0 Å². The minimum Gasteiger partial charge on any atom is -0.336 e. The van der Waals surface area contributed by atoms with Crippen LogP contribution in [0, 0.1) is 6.92 Å². The van der Waals surface area contributed by atoms with Crippen LogP contribution in [-0.2, 0) is 6.54 Å². The Hall–Kier alpha value is -2.98. The monoisotopic (exact) mass is 371 g/mol. The van der Waals surface area contributed by atoms with Crippen LogP contribution >= 0.6 is 0 Å². The molecule has 3 aromatic rings. The van der Waals surface area contributed by atoms with Crippen molar-refractivity contribution in [3.63, 3.8) is 0 Å². The van der Waals surface area contributed by atoms with Gasteiger partial charge in [-0.05, 0) is 41.8 Å². The van der Waals surface area contributed by atoms with E-state index in [-0.39, 0.29) is 5.91 Å². The molecule has 1 aliphatic rings. The highest BCUT2D eigenvalue weighted by Crippen LogP contribution is 2.21. The van der Waals surface area contributed by atoms with Gasteiger partial charge in [0.2, 0.25) is 0 Å². The minimum absolute atomic E-state index is 0.122. The van der Waals surface area contributed by atoms with E-state index < -0.39 is 0 Å². The van der Waals surface area contributed by atoms with E-state index in [1.807, 2.05) is 41.4 Å². The number of hydrogen-bond donors (Lipinski definition) is 0. The van der Waals surface area contributed by atoms with Crippen molar-refractivity contribution in [2.45, 2.75) is 13.5 Å². The molecule has 0 aliphatic carbocycles. The van der Waals surface area contributed by atoms with E-state index >= 15 is 0 Å². The fourth-order valence-electron chi connectivity index (χ4n) is 3.59. The van der Waals surface area contributed by atoms with Crippen LogP contribution in [0.25, 0.3) is 11.1 Å². The number of carbonyl (C=O) groups is 1. The Balaban J connectivity index is 1.35. The SMILES string of the molecule is Cc1ccc(-c2ccc(C(=O)N3CCN(Cc4cccnc4)CC3)cc2)cc1. The van der Waals surface area contributed by atoms with Crippen LogP contribution in [0.15, 0.2) is 73.1 Å². The molecule has 0 N–H and O–H groups in total. The Morgan fingerprint density at radius 2 is 1.54 bits per heavy atom. The Labute approximate surface area is 166 Å². The molecule has 28 heavy (non-hydrogen) atoms. The third-order valence-electron chi connectivity index (χ3n) is 5.31. The molecule has 1 fully saturated rings. The van der Waals surface area contributed by atoms with E-state index in [1.165, 1.54) is 16.7 Å². The van der Waals surface area contributed by atoms with Crippen molar-refractivity contribution in [2.24, 2.45) is 0 Å². The highest BCUT2D eigenvalue weighted by Gasteiger charge is 2.22. The Bertz CT molecular complexity index is 912. The molecule has 0 saturated carbocycles. The zero-order valence-electron chi connectivity index (χ0n) is 16.2. The van der Waals surface area contributed by atoms with Crippen LogP contribution in [-0.4, -0.2) is 46.9 Å². The summed E-state index contributed by atoms with van der Waals surface area (Å²) < 4.78 is 0. The molecule has 4 nitrogen and oxygen atoms in total. The van der Waals surface area contributed by atoms with Gasteiger partial charge in [-0.2, -0.15) is 0 Å². The van der Waals surface area contributed by atoms with Gasteiger partial charge < -0.3 is 4.90 Å². The lowest BCUT2D eigenvalue weighted by Crippen LogP contribution is -2.48. The number of pyridine rings is 1. The van der Waals surface area contributed by atoms with Crippen LogP contribution < -0.4 is 0 Å². The number of piperazine rings is 1. The molecule has 1 aliphatic heterocycles. The number of aryl methyl sites for hydroxylation is 1. The summed E-state index contributed by atoms with van der Waals surface area (Å²) in [5, 5.41) is 0. The average Bonchev–Trinajstić information content (AvgIpc) is 2.75. The van der Waals surface area contributed by atoms with Crippen LogP contribution in [0.4, 0.5) is 0 Å². The fourth-order valence-corrected chi connectivity index (χ4v) is 3.59. The highest BCUT2D eigenvalue weighted by atomic mass is 16.2. The predicted molar refractivity (Wildman–Crippen MR) is 112 cm³/mol. The summed E-state index contributed by atoms with van der Waals surface area (Å²) in [7, 11) is 0. The minimum atomic E-state index is 0.122. The summed E-state index contributed by atoms with van der Waals surface area (Å²) in [5.41, 5.74) is 5.54. The van der Waals surface area contributed by atoms with E-state index in [2.05, 4.69) is 47.1 Å². The topological polar surface area (TPSA) is 36.4 Å². The van der Waals surface area contributed by atoms with E-state index in [4.69, 9.17) is 0 Å². The lowest BCUT2D eigenvalue weighted by atomic mass is 10.0. The van der Waals surface area contributed by atoms with E-state index in [0.717, 1.165) is 43.9 Å².